The van der Waals surface area contributed by atoms with E-state index in [0.717, 1.165) is 12.8 Å². The number of aliphatic imine (C=N–C) groups is 2. The fourth-order valence-corrected chi connectivity index (χ4v) is 3.68. The van der Waals surface area contributed by atoms with Crippen LogP contribution in [0.4, 0.5) is 0 Å². The van der Waals surface area contributed by atoms with Gasteiger partial charge < -0.3 is 14.2 Å². The Morgan fingerprint density at radius 1 is 1.12 bits per heavy atom. The van der Waals surface area contributed by atoms with Gasteiger partial charge in [0, 0.05) is 5.92 Å². The first kappa shape index (κ1) is 18.7. The van der Waals surface area contributed by atoms with Gasteiger partial charge in [0.1, 0.15) is 12.1 Å². The van der Waals surface area contributed by atoms with Crippen molar-refractivity contribution in [1.82, 2.24) is 0 Å². The highest BCUT2D eigenvalue weighted by atomic mass is 16.5. The molecule has 136 valence electrons. The Morgan fingerprint density at radius 2 is 1.79 bits per heavy atom. The van der Waals surface area contributed by atoms with E-state index in [4.69, 9.17) is 24.2 Å². The number of hydrogen-bond acceptors (Lipinski definition) is 6. The van der Waals surface area contributed by atoms with E-state index in [0.29, 0.717) is 18.4 Å². The molecule has 24 heavy (non-hydrogen) atoms. The number of nitrogens with zero attached hydrogens (tertiary/aromatic N) is 2. The summed E-state index contributed by atoms with van der Waals surface area (Å²) in [7, 11) is 3.24. The number of ether oxygens (including phenoxy) is 3. The lowest BCUT2D eigenvalue weighted by Crippen LogP contribution is -2.39. The molecule has 0 aromatic carbocycles. The molecule has 0 unspecified atom stereocenters. The minimum Gasteiger partial charge on any atom is -0.483 e. The Morgan fingerprint density at radius 3 is 2.29 bits per heavy atom. The molecule has 1 fully saturated rings. The molecule has 0 saturated heterocycles. The normalized spacial score (nSPS) is 32.0. The van der Waals surface area contributed by atoms with Crippen molar-refractivity contribution in [1.29, 1.82) is 0 Å². The molecule has 0 amide bonds. The third-order valence-corrected chi connectivity index (χ3v) is 4.86. The predicted octanol–water partition coefficient (Wildman–Crippen LogP) is 2.71. The first-order valence-corrected chi connectivity index (χ1v) is 8.90. The van der Waals surface area contributed by atoms with Crippen LogP contribution in [-0.4, -0.2) is 50.7 Å². The second kappa shape index (κ2) is 7.99. The predicted molar refractivity (Wildman–Crippen MR) is 93.3 cm³/mol. The average molecular weight is 338 g/mol. The highest BCUT2D eigenvalue weighted by Gasteiger charge is 2.60. The van der Waals surface area contributed by atoms with E-state index in [1.807, 2.05) is 6.92 Å². The van der Waals surface area contributed by atoms with Gasteiger partial charge in [0.2, 0.25) is 11.8 Å². The monoisotopic (exact) mass is 338 g/mol. The van der Waals surface area contributed by atoms with Gasteiger partial charge in [-0.25, -0.2) is 9.98 Å². The number of hydrogen-bond donors (Lipinski definition) is 0. The summed E-state index contributed by atoms with van der Waals surface area (Å²) in [5.41, 5.74) is 0. The second-order valence-corrected chi connectivity index (χ2v) is 6.78. The zero-order valence-electron chi connectivity index (χ0n) is 15.6. The zero-order valence-corrected chi connectivity index (χ0v) is 15.6. The molecule has 1 aliphatic carbocycles. The van der Waals surface area contributed by atoms with Crippen molar-refractivity contribution in [3.8, 4) is 0 Å². The van der Waals surface area contributed by atoms with Crippen molar-refractivity contribution in [3.05, 3.63) is 0 Å². The van der Waals surface area contributed by atoms with Crippen molar-refractivity contribution in [2.24, 2.45) is 33.7 Å². The summed E-state index contributed by atoms with van der Waals surface area (Å²) in [6.07, 6.45) is 2.01. The highest BCUT2D eigenvalue weighted by molar-refractivity contribution is 5.95. The number of rotatable bonds is 6. The Kier molecular flexibility index (Phi) is 6.24. The van der Waals surface area contributed by atoms with Crippen LogP contribution in [0.2, 0.25) is 0 Å². The summed E-state index contributed by atoms with van der Waals surface area (Å²) in [6.45, 7) is 8.52. The van der Waals surface area contributed by atoms with Gasteiger partial charge in [-0.15, -0.1) is 0 Å². The highest BCUT2D eigenvalue weighted by Crippen LogP contribution is 2.53. The number of carbonyl (C=O) groups excluding carboxylic acids is 1. The van der Waals surface area contributed by atoms with Crippen LogP contribution in [0.1, 0.15) is 40.5 Å². The van der Waals surface area contributed by atoms with E-state index in [-0.39, 0.29) is 41.7 Å². The molecule has 0 N–H and O–H groups in total. The van der Waals surface area contributed by atoms with E-state index >= 15 is 0 Å². The van der Waals surface area contributed by atoms with Gasteiger partial charge in [0.25, 0.3) is 0 Å². The minimum absolute atomic E-state index is 0.0842. The van der Waals surface area contributed by atoms with Crippen LogP contribution in [0.15, 0.2) is 9.98 Å². The summed E-state index contributed by atoms with van der Waals surface area (Å²) in [5.74, 6) is 1.61. The van der Waals surface area contributed by atoms with Gasteiger partial charge in [-0.2, -0.15) is 0 Å². The molecule has 0 aromatic rings. The van der Waals surface area contributed by atoms with Crippen LogP contribution in [0, 0.1) is 23.7 Å². The van der Waals surface area contributed by atoms with Gasteiger partial charge in [0.05, 0.1) is 26.7 Å². The first-order valence-electron chi connectivity index (χ1n) is 8.90. The lowest BCUT2D eigenvalue weighted by atomic mass is 10.0. The first-order chi connectivity index (χ1) is 11.5. The summed E-state index contributed by atoms with van der Waals surface area (Å²) < 4.78 is 16.2. The Balaban J connectivity index is 2.26. The summed E-state index contributed by atoms with van der Waals surface area (Å²) in [6, 6.07) is -0.392. The number of esters is 1. The maximum atomic E-state index is 12.3. The average Bonchev–Trinajstić information content (AvgIpc) is 3.27. The van der Waals surface area contributed by atoms with Crippen LogP contribution < -0.4 is 0 Å². The molecule has 6 heteroatoms. The maximum Gasteiger partial charge on any atom is 0.309 e. The fraction of sp³-hybridized carbons (Fsp3) is 0.833. The lowest BCUT2D eigenvalue weighted by molar-refractivity contribution is -0.145. The van der Waals surface area contributed by atoms with E-state index in [1.54, 1.807) is 14.2 Å². The van der Waals surface area contributed by atoms with Crippen molar-refractivity contribution in [2.45, 2.75) is 52.6 Å². The van der Waals surface area contributed by atoms with E-state index in [9.17, 15) is 4.79 Å². The molecule has 0 spiro atoms. The third kappa shape index (κ3) is 3.57. The standard InChI is InChI=1S/C18H30N2O4/c1-7-9-11-12(13(11)18(21)24-8-2)15-17(23-6)19-14(10(3)4)16(20-15)22-5/h10-15H,7-9H2,1-6H3/t11-,12-,13-,14-,15+/m1/s1. The fourth-order valence-electron chi connectivity index (χ4n) is 3.68. The molecule has 2 aliphatic rings. The molecular weight excluding hydrogens is 308 g/mol. The Labute approximate surface area is 144 Å². The molecule has 2 rings (SSSR count). The molecular formula is C18H30N2O4. The second-order valence-electron chi connectivity index (χ2n) is 6.78. The molecule has 0 bridgehead atoms. The maximum absolute atomic E-state index is 12.3. The van der Waals surface area contributed by atoms with E-state index < -0.39 is 0 Å². The molecule has 1 heterocycles. The van der Waals surface area contributed by atoms with Crippen LogP contribution in [0.5, 0.6) is 0 Å². The minimum atomic E-state index is -0.258. The molecule has 0 aromatic heterocycles. The summed E-state index contributed by atoms with van der Waals surface area (Å²) in [4.78, 5) is 21.8. The summed E-state index contributed by atoms with van der Waals surface area (Å²) in [5, 5.41) is 0. The largest absolute Gasteiger partial charge is 0.483 e. The topological polar surface area (TPSA) is 69.5 Å². The SMILES string of the molecule is CCC[C@H]1[C@@H](C(=O)OCC)[C@@H]1[C@@H]1N=C(OC)[C@@H](C(C)C)N=C1OC. The van der Waals surface area contributed by atoms with Gasteiger partial charge in [-0.1, -0.05) is 27.2 Å². The molecule has 1 saturated carbocycles. The van der Waals surface area contributed by atoms with Gasteiger partial charge in [-0.3, -0.25) is 4.79 Å². The van der Waals surface area contributed by atoms with E-state index in [1.165, 1.54) is 0 Å². The quantitative estimate of drug-likeness (QED) is 0.698. The van der Waals surface area contributed by atoms with Crippen molar-refractivity contribution >= 4 is 17.8 Å². The molecule has 0 radical (unpaired) electrons. The number of methoxy groups -OCH3 is 2. The van der Waals surface area contributed by atoms with Crippen LogP contribution in [0.3, 0.4) is 0 Å². The zero-order chi connectivity index (χ0) is 17.9. The molecule has 1 aliphatic heterocycles. The van der Waals surface area contributed by atoms with Crippen molar-refractivity contribution in [2.75, 3.05) is 20.8 Å². The Bertz CT molecular complexity index is 515. The molecule has 5 atom stereocenters. The smallest absolute Gasteiger partial charge is 0.309 e. The lowest BCUT2D eigenvalue weighted by Gasteiger charge is -2.27. The van der Waals surface area contributed by atoms with Gasteiger partial charge >= 0.3 is 5.97 Å². The van der Waals surface area contributed by atoms with Crippen LogP contribution >= 0.6 is 0 Å². The molecule has 6 nitrogen and oxygen atoms in total. The summed E-state index contributed by atoms with van der Waals surface area (Å²) >= 11 is 0. The van der Waals surface area contributed by atoms with Gasteiger partial charge in [0.15, 0.2) is 0 Å². The van der Waals surface area contributed by atoms with Crippen molar-refractivity contribution < 1.29 is 19.0 Å². The van der Waals surface area contributed by atoms with Crippen LogP contribution in [-0.2, 0) is 19.0 Å². The van der Waals surface area contributed by atoms with Crippen molar-refractivity contribution in [3.63, 3.8) is 0 Å². The number of carbonyl (C=O) groups is 1. The van der Waals surface area contributed by atoms with E-state index in [2.05, 4.69) is 20.8 Å². The van der Waals surface area contributed by atoms with Crippen LogP contribution in [0.25, 0.3) is 0 Å². The van der Waals surface area contributed by atoms with Gasteiger partial charge in [-0.05, 0) is 25.2 Å². The third-order valence-electron chi connectivity index (χ3n) is 4.86. The Hall–Kier alpha value is -1.59.